The van der Waals surface area contributed by atoms with Crippen molar-refractivity contribution >= 4 is 5.78 Å². The molecular formula is C19H20F3NO3. The van der Waals surface area contributed by atoms with E-state index < -0.39 is 11.7 Å². The number of benzene rings is 1. The van der Waals surface area contributed by atoms with Gasteiger partial charge in [0.05, 0.1) is 12.1 Å². The van der Waals surface area contributed by atoms with Crippen molar-refractivity contribution in [1.82, 2.24) is 4.90 Å². The molecule has 0 spiro atoms. The van der Waals surface area contributed by atoms with Crippen molar-refractivity contribution in [2.45, 2.75) is 32.2 Å². The minimum absolute atomic E-state index is 0.126. The molecule has 1 aromatic heterocycles. The van der Waals surface area contributed by atoms with E-state index in [0.29, 0.717) is 24.4 Å². The van der Waals surface area contributed by atoms with Gasteiger partial charge in [0.1, 0.15) is 18.1 Å². The maximum absolute atomic E-state index is 12.6. The molecule has 1 aliphatic rings. The fourth-order valence-corrected chi connectivity index (χ4v) is 3.28. The van der Waals surface area contributed by atoms with Crippen molar-refractivity contribution < 1.29 is 27.5 Å². The van der Waals surface area contributed by atoms with Gasteiger partial charge >= 0.3 is 6.18 Å². The number of furan rings is 1. The highest BCUT2D eigenvalue weighted by molar-refractivity contribution is 5.98. The van der Waals surface area contributed by atoms with Crippen LogP contribution in [-0.4, -0.2) is 28.9 Å². The Morgan fingerprint density at radius 2 is 1.85 bits per heavy atom. The lowest BCUT2D eigenvalue weighted by atomic mass is 9.89. The molecule has 1 atom stereocenters. The number of nitrogens with zero attached hydrogens (tertiary/aromatic N) is 1. The van der Waals surface area contributed by atoms with E-state index in [-0.39, 0.29) is 18.3 Å². The van der Waals surface area contributed by atoms with E-state index >= 15 is 0 Å². The molecule has 0 unspecified atom stereocenters. The minimum atomic E-state index is -4.40. The number of Topliss-reactive ketones (excluding diaryl/α,β-unsaturated/α-hetero) is 1. The summed E-state index contributed by atoms with van der Waals surface area (Å²) in [4.78, 5) is 14.7. The van der Waals surface area contributed by atoms with E-state index in [4.69, 9.17) is 9.52 Å². The highest BCUT2D eigenvalue weighted by Crippen LogP contribution is 2.30. The van der Waals surface area contributed by atoms with E-state index in [1.807, 2.05) is 0 Å². The lowest BCUT2D eigenvalue weighted by molar-refractivity contribution is -0.137. The lowest BCUT2D eigenvalue weighted by Crippen LogP contribution is -2.38. The number of ketones is 1. The average Bonchev–Trinajstić information content (AvgIpc) is 3.08. The number of halogens is 3. The predicted molar refractivity (Wildman–Crippen MR) is 88.4 cm³/mol. The van der Waals surface area contributed by atoms with Crippen molar-refractivity contribution in [1.29, 1.82) is 0 Å². The van der Waals surface area contributed by atoms with E-state index in [1.165, 1.54) is 12.1 Å². The largest absolute Gasteiger partial charge is 0.462 e. The zero-order valence-electron chi connectivity index (χ0n) is 14.1. The highest BCUT2D eigenvalue weighted by Gasteiger charge is 2.31. The summed E-state index contributed by atoms with van der Waals surface area (Å²) in [6.07, 6.45) is -2.85. The number of aliphatic hydroxyl groups is 1. The maximum atomic E-state index is 12.6. The van der Waals surface area contributed by atoms with Crippen LogP contribution in [-0.2, 0) is 19.3 Å². The fourth-order valence-electron chi connectivity index (χ4n) is 3.28. The summed E-state index contributed by atoms with van der Waals surface area (Å²) in [6, 6.07) is 7.92. The SMILES string of the molecule is O=C(c1ccc(C(F)(F)F)cc1)[C@@H]1CCCN(Cc2ccc(CO)o2)C1. The van der Waals surface area contributed by atoms with E-state index in [1.54, 1.807) is 12.1 Å². The van der Waals surface area contributed by atoms with Gasteiger partial charge in [0.2, 0.25) is 0 Å². The van der Waals surface area contributed by atoms with Crippen LogP contribution in [0, 0.1) is 5.92 Å². The molecule has 3 rings (SSSR count). The van der Waals surface area contributed by atoms with Gasteiger partial charge in [-0.15, -0.1) is 0 Å². The molecule has 1 N–H and O–H groups in total. The number of piperidine rings is 1. The van der Waals surface area contributed by atoms with Gasteiger partial charge in [-0.05, 0) is 43.7 Å². The monoisotopic (exact) mass is 367 g/mol. The van der Waals surface area contributed by atoms with Crippen LogP contribution in [0.2, 0.25) is 0 Å². The molecule has 140 valence electrons. The highest BCUT2D eigenvalue weighted by atomic mass is 19.4. The Morgan fingerprint density at radius 3 is 2.46 bits per heavy atom. The maximum Gasteiger partial charge on any atom is 0.416 e. The number of alkyl halides is 3. The number of carbonyl (C=O) groups is 1. The molecule has 2 aromatic rings. The number of hydrogen-bond acceptors (Lipinski definition) is 4. The Labute approximate surface area is 149 Å². The van der Waals surface area contributed by atoms with Crippen LogP contribution >= 0.6 is 0 Å². The third-order valence-electron chi connectivity index (χ3n) is 4.63. The molecule has 26 heavy (non-hydrogen) atoms. The molecular weight excluding hydrogens is 347 g/mol. The van der Waals surface area contributed by atoms with Crippen molar-refractivity contribution in [3.8, 4) is 0 Å². The zero-order chi connectivity index (χ0) is 18.7. The molecule has 1 fully saturated rings. The Kier molecular flexibility index (Phi) is 5.48. The topological polar surface area (TPSA) is 53.7 Å². The molecule has 4 nitrogen and oxygen atoms in total. The molecule has 0 amide bonds. The second kappa shape index (κ2) is 7.63. The van der Waals surface area contributed by atoms with Gasteiger partial charge in [0, 0.05) is 18.0 Å². The average molecular weight is 367 g/mol. The molecule has 2 heterocycles. The van der Waals surface area contributed by atoms with Crippen molar-refractivity contribution in [3.05, 3.63) is 59.0 Å². The smallest absolute Gasteiger partial charge is 0.416 e. The van der Waals surface area contributed by atoms with Gasteiger partial charge < -0.3 is 9.52 Å². The number of aliphatic hydroxyl groups excluding tert-OH is 1. The predicted octanol–water partition coefficient (Wildman–Crippen LogP) is 3.89. The Balaban J connectivity index is 1.64. The van der Waals surface area contributed by atoms with Crippen molar-refractivity contribution in [2.75, 3.05) is 13.1 Å². The summed E-state index contributed by atoms with van der Waals surface area (Å²) in [5.41, 5.74) is -0.442. The summed E-state index contributed by atoms with van der Waals surface area (Å²) in [5.74, 6) is 0.845. The van der Waals surface area contributed by atoms with Crippen molar-refractivity contribution in [2.24, 2.45) is 5.92 Å². The van der Waals surface area contributed by atoms with Crippen LogP contribution in [0.4, 0.5) is 13.2 Å². The molecule has 1 aromatic carbocycles. The first-order chi connectivity index (χ1) is 12.4. The van der Waals surface area contributed by atoms with Crippen LogP contribution in [0.5, 0.6) is 0 Å². The van der Waals surface area contributed by atoms with Crippen LogP contribution in [0.3, 0.4) is 0 Å². The van der Waals surface area contributed by atoms with Gasteiger partial charge in [0.15, 0.2) is 5.78 Å². The number of hydrogen-bond donors (Lipinski definition) is 1. The molecule has 0 saturated carbocycles. The first kappa shape index (κ1) is 18.7. The molecule has 7 heteroatoms. The zero-order valence-corrected chi connectivity index (χ0v) is 14.1. The van der Waals surface area contributed by atoms with Crippen LogP contribution in [0.15, 0.2) is 40.8 Å². The molecule has 1 saturated heterocycles. The van der Waals surface area contributed by atoms with Gasteiger partial charge in [-0.1, -0.05) is 12.1 Å². The normalized spacial score (nSPS) is 18.8. The van der Waals surface area contributed by atoms with Gasteiger partial charge in [-0.2, -0.15) is 13.2 Å². The summed E-state index contributed by atoms with van der Waals surface area (Å²) < 4.78 is 43.4. The van der Waals surface area contributed by atoms with Crippen LogP contribution in [0.1, 0.15) is 40.3 Å². The summed E-state index contributed by atoms with van der Waals surface area (Å²) in [7, 11) is 0. The summed E-state index contributed by atoms with van der Waals surface area (Å²) in [5, 5.41) is 9.05. The number of rotatable bonds is 5. The fraction of sp³-hybridized carbons (Fsp3) is 0.421. The first-order valence-corrected chi connectivity index (χ1v) is 8.49. The van der Waals surface area contributed by atoms with E-state index in [2.05, 4.69) is 4.90 Å². The Morgan fingerprint density at radius 1 is 1.15 bits per heavy atom. The lowest BCUT2D eigenvalue weighted by Gasteiger charge is -2.31. The number of likely N-dealkylation sites (tertiary alicyclic amines) is 1. The van der Waals surface area contributed by atoms with Gasteiger partial charge in [-0.3, -0.25) is 9.69 Å². The van der Waals surface area contributed by atoms with Crippen LogP contribution in [0.25, 0.3) is 0 Å². The molecule has 1 aliphatic heterocycles. The molecule has 0 bridgehead atoms. The molecule has 0 aliphatic carbocycles. The van der Waals surface area contributed by atoms with E-state index in [9.17, 15) is 18.0 Å². The van der Waals surface area contributed by atoms with Crippen LogP contribution < -0.4 is 0 Å². The first-order valence-electron chi connectivity index (χ1n) is 8.49. The Bertz CT molecular complexity index is 752. The van der Waals surface area contributed by atoms with Gasteiger partial charge in [-0.25, -0.2) is 0 Å². The summed E-state index contributed by atoms with van der Waals surface area (Å²) in [6.45, 7) is 1.74. The standard InChI is InChI=1S/C19H20F3NO3/c20-19(21,22)15-5-3-13(4-6-15)18(25)14-2-1-9-23(10-14)11-16-7-8-17(12-24)26-16/h3-8,14,24H,1-2,9-12H2/t14-/m1/s1. The third kappa shape index (κ3) is 4.34. The minimum Gasteiger partial charge on any atom is -0.462 e. The second-order valence-corrected chi connectivity index (χ2v) is 6.54. The van der Waals surface area contributed by atoms with Crippen molar-refractivity contribution in [3.63, 3.8) is 0 Å². The number of carbonyl (C=O) groups excluding carboxylic acids is 1. The van der Waals surface area contributed by atoms with E-state index in [0.717, 1.165) is 37.3 Å². The molecule has 0 radical (unpaired) electrons. The summed E-state index contributed by atoms with van der Waals surface area (Å²) >= 11 is 0. The quantitative estimate of drug-likeness (QED) is 0.815. The third-order valence-corrected chi connectivity index (χ3v) is 4.63. The second-order valence-electron chi connectivity index (χ2n) is 6.54. The Hall–Kier alpha value is -2.12. The van der Waals surface area contributed by atoms with Gasteiger partial charge in [0.25, 0.3) is 0 Å².